The molecule has 164 valence electrons. The van der Waals surface area contributed by atoms with Gasteiger partial charge >= 0.3 is 0 Å². The van der Waals surface area contributed by atoms with Gasteiger partial charge in [0.15, 0.2) is 11.5 Å². The highest BCUT2D eigenvalue weighted by molar-refractivity contribution is 5.94. The monoisotopic (exact) mass is 430 g/mol. The Kier molecular flexibility index (Phi) is 6.66. The number of nitrogens with one attached hydrogen (secondary N) is 2. The minimum absolute atomic E-state index is 0.0769. The van der Waals surface area contributed by atoms with Gasteiger partial charge in [-0.05, 0) is 37.4 Å². The molecule has 0 unspecified atom stereocenters. The van der Waals surface area contributed by atoms with Crippen LogP contribution >= 0.6 is 0 Å². The molecule has 0 spiro atoms. The number of imidazole rings is 1. The zero-order valence-electron chi connectivity index (χ0n) is 18.2. The number of hydrogen-bond acceptors (Lipinski definition) is 7. The summed E-state index contributed by atoms with van der Waals surface area (Å²) in [4.78, 5) is 31.8. The van der Waals surface area contributed by atoms with E-state index in [9.17, 15) is 4.79 Å². The van der Waals surface area contributed by atoms with Crippen LogP contribution in [-0.2, 0) is 0 Å². The Hall–Kier alpha value is -3.85. The molecule has 0 fully saturated rings. The second-order valence-electron chi connectivity index (χ2n) is 7.23. The summed E-state index contributed by atoms with van der Waals surface area (Å²) in [7, 11) is 0. The van der Waals surface area contributed by atoms with Crippen molar-refractivity contribution in [1.29, 1.82) is 0 Å². The Morgan fingerprint density at radius 2 is 1.78 bits per heavy atom. The van der Waals surface area contributed by atoms with E-state index in [0.717, 1.165) is 36.6 Å². The van der Waals surface area contributed by atoms with Crippen LogP contribution in [0.4, 0.5) is 11.5 Å². The third kappa shape index (κ3) is 4.73. The number of amides is 1. The highest BCUT2D eigenvalue weighted by Crippen LogP contribution is 2.24. The van der Waals surface area contributed by atoms with Crippen molar-refractivity contribution in [2.75, 3.05) is 31.5 Å². The van der Waals surface area contributed by atoms with E-state index < -0.39 is 0 Å². The summed E-state index contributed by atoms with van der Waals surface area (Å²) in [6.45, 7) is 7.66. The molecule has 0 aliphatic heterocycles. The molecule has 0 saturated heterocycles. The first kappa shape index (κ1) is 21.4. The molecule has 0 aliphatic carbocycles. The lowest BCUT2D eigenvalue weighted by atomic mass is 10.2. The topological polar surface area (TPSA) is 100 Å². The van der Waals surface area contributed by atoms with Crippen LogP contribution in [0.3, 0.4) is 0 Å². The molecule has 3 heterocycles. The molecule has 9 nitrogen and oxygen atoms in total. The summed E-state index contributed by atoms with van der Waals surface area (Å²) >= 11 is 0. The van der Waals surface area contributed by atoms with Crippen LogP contribution in [-0.4, -0.2) is 61.3 Å². The number of likely N-dealkylation sites (N-methyl/N-ethyl adjacent to an activating group) is 1. The SMILES string of the molecule is CCN(CC)CCNC(=O)c1ccc(Nc2ncc(-c3cncnc3)n3ccnc23)cc1. The minimum atomic E-state index is -0.0769. The number of fused-ring (bicyclic) bond motifs is 1. The molecule has 1 amide bonds. The number of aromatic nitrogens is 5. The molecule has 4 aromatic rings. The Bertz CT molecular complexity index is 1170. The van der Waals surface area contributed by atoms with Crippen LogP contribution < -0.4 is 10.6 Å². The summed E-state index contributed by atoms with van der Waals surface area (Å²) < 4.78 is 1.94. The van der Waals surface area contributed by atoms with E-state index in [0.29, 0.717) is 23.6 Å². The van der Waals surface area contributed by atoms with Gasteiger partial charge in [0.1, 0.15) is 6.33 Å². The predicted octanol–water partition coefficient (Wildman–Crippen LogP) is 3.00. The number of anilines is 2. The Labute approximate surface area is 186 Å². The predicted molar refractivity (Wildman–Crippen MR) is 124 cm³/mol. The number of nitrogens with zero attached hydrogens (tertiary/aromatic N) is 6. The van der Waals surface area contributed by atoms with Crippen molar-refractivity contribution in [3.05, 3.63) is 67.1 Å². The third-order valence-corrected chi connectivity index (χ3v) is 5.30. The van der Waals surface area contributed by atoms with Crippen molar-refractivity contribution in [2.45, 2.75) is 13.8 Å². The maximum absolute atomic E-state index is 12.4. The molecule has 0 saturated carbocycles. The van der Waals surface area contributed by atoms with Crippen LogP contribution in [0.5, 0.6) is 0 Å². The molecule has 4 rings (SSSR count). The summed E-state index contributed by atoms with van der Waals surface area (Å²) in [5.74, 6) is 0.541. The van der Waals surface area contributed by atoms with Gasteiger partial charge in [0, 0.05) is 54.7 Å². The van der Waals surface area contributed by atoms with E-state index in [1.54, 1.807) is 36.9 Å². The van der Waals surface area contributed by atoms with Gasteiger partial charge in [0.25, 0.3) is 5.91 Å². The quantitative estimate of drug-likeness (QED) is 0.421. The number of carbonyl (C=O) groups excluding carboxylic acids is 1. The third-order valence-electron chi connectivity index (χ3n) is 5.30. The first-order valence-electron chi connectivity index (χ1n) is 10.6. The fraction of sp³-hybridized carbons (Fsp3) is 0.261. The van der Waals surface area contributed by atoms with Gasteiger partial charge in [-0.1, -0.05) is 13.8 Å². The van der Waals surface area contributed by atoms with E-state index in [1.165, 1.54) is 6.33 Å². The fourth-order valence-electron chi connectivity index (χ4n) is 3.46. The zero-order valence-corrected chi connectivity index (χ0v) is 18.2. The number of hydrogen-bond donors (Lipinski definition) is 2. The Morgan fingerprint density at radius 3 is 2.50 bits per heavy atom. The summed E-state index contributed by atoms with van der Waals surface area (Å²) in [6, 6.07) is 7.32. The van der Waals surface area contributed by atoms with E-state index in [-0.39, 0.29) is 5.91 Å². The van der Waals surface area contributed by atoms with Crippen LogP contribution in [0.25, 0.3) is 16.9 Å². The van der Waals surface area contributed by atoms with Gasteiger partial charge in [0.2, 0.25) is 0 Å². The van der Waals surface area contributed by atoms with Crippen molar-refractivity contribution >= 4 is 23.1 Å². The van der Waals surface area contributed by atoms with Gasteiger partial charge in [-0.2, -0.15) is 0 Å². The van der Waals surface area contributed by atoms with Crippen LogP contribution in [0.15, 0.2) is 61.6 Å². The molecular formula is C23H26N8O. The molecule has 0 radical (unpaired) electrons. The molecule has 32 heavy (non-hydrogen) atoms. The number of benzene rings is 1. The molecule has 1 aromatic carbocycles. The molecule has 3 aromatic heterocycles. The van der Waals surface area contributed by atoms with E-state index in [2.05, 4.69) is 49.3 Å². The van der Waals surface area contributed by atoms with E-state index in [1.807, 2.05) is 22.7 Å². The average Bonchev–Trinajstić information content (AvgIpc) is 3.33. The molecule has 9 heteroatoms. The molecular weight excluding hydrogens is 404 g/mol. The first-order chi connectivity index (χ1) is 15.7. The summed E-state index contributed by atoms with van der Waals surface area (Å²) in [5.41, 5.74) is 3.82. The molecule has 0 atom stereocenters. The van der Waals surface area contributed by atoms with Crippen molar-refractivity contribution in [2.24, 2.45) is 0 Å². The van der Waals surface area contributed by atoms with Crippen molar-refractivity contribution < 1.29 is 4.79 Å². The zero-order chi connectivity index (χ0) is 22.3. The molecule has 0 aliphatic rings. The van der Waals surface area contributed by atoms with Crippen molar-refractivity contribution in [3.63, 3.8) is 0 Å². The highest BCUT2D eigenvalue weighted by atomic mass is 16.1. The minimum Gasteiger partial charge on any atom is -0.351 e. The largest absolute Gasteiger partial charge is 0.351 e. The fourth-order valence-corrected chi connectivity index (χ4v) is 3.46. The maximum Gasteiger partial charge on any atom is 0.251 e. The van der Waals surface area contributed by atoms with E-state index >= 15 is 0 Å². The number of rotatable bonds is 9. The van der Waals surface area contributed by atoms with Crippen LogP contribution in [0.1, 0.15) is 24.2 Å². The molecule has 0 bridgehead atoms. The maximum atomic E-state index is 12.4. The van der Waals surface area contributed by atoms with Crippen molar-refractivity contribution in [3.8, 4) is 11.3 Å². The standard InChI is InChI=1S/C23H26N8O/c1-3-30(4-2)11-9-27-23(32)17-5-7-19(8-6-17)29-21-22-26-10-12-31(22)20(15-28-21)18-13-24-16-25-14-18/h5-8,10,12-16H,3-4,9,11H2,1-2H3,(H,27,32)(H,28,29). The Morgan fingerprint density at radius 1 is 1.03 bits per heavy atom. The van der Waals surface area contributed by atoms with E-state index in [4.69, 9.17) is 0 Å². The lowest BCUT2D eigenvalue weighted by Gasteiger charge is -2.18. The Balaban J connectivity index is 1.45. The van der Waals surface area contributed by atoms with Gasteiger partial charge in [-0.25, -0.2) is 19.9 Å². The average molecular weight is 431 g/mol. The van der Waals surface area contributed by atoms with Crippen LogP contribution in [0.2, 0.25) is 0 Å². The van der Waals surface area contributed by atoms with Gasteiger partial charge in [-0.3, -0.25) is 9.20 Å². The van der Waals surface area contributed by atoms with Crippen LogP contribution in [0, 0.1) is 0 Å². The normalized spacial score (nSPS) is 11.1. The number of carbonyl (C=O) groups is 1. The second-order valence-corrected chi connectivity index (χ2v) is 7.23. The lowest BCUT2D eigenvalue weighted by molar-refractivity contribution is 0.0949. The van der Waals surface area contributed by atoms with Gasteiger partial charge < -0.3 is 15.5 Å². The highest BCUT2D eigenvalue weighted by Gasteiger charge is 2.11. The van der Waals surface area contributed by atoms with Crippen molar-refractivity contribution in [1.82, 2.24) is 34.6 Å². The smallest absolute Gasteiger partial charge is 0.251 e. The first-order valence-corrected chi connectivity index (χ1v) is 10.6. The molecule has 2 N–H and O–H groups in total. The second kappa shape index (κ2) is 9.97. The van der Waals surface area contributed by atoms with Gasteiger partial charge in [-0.15, -0.1) is 0 Å². The lowest BCUT2D eigenvalue weighted by Crippen LogP contribution is -2.34. The summed E-state index contributed by atoms with van der Waals surface area (Å²) in [6.07, 6.45) is 10.3. The van der Waals surface area contributed by atoms with Gasteiger partial charge in [0.05, 0.1) is 11.9 Å². The summed E-state index contributed by atoms with van der Waals surface area (Å²) in [5, 5.41) is 6.26.